The van der Waals surface area contributed by atoms with Crippen molar-refractivity contribution in [3.63, 3.8) is 0 Å². The molecule has 0 saturated heterocycles. The molecular formula is C32H35N5O3S. The Balaban J connectivity index is 1.75. The first-order valence-corrected chi connectivity index (χ1v) is 14.6. The van der Waals surface area contributed by atoms with Crippen LogP contribution in [-0.2, 0) is 9.59 Å². The molecule has 2 amide bonds. The van der Waals surface area contributed by atoms with Crippen LogP contribution >= 0.6 is 11.8 Å². The van der Waals surface area contributed by atoms with Crippen LogP contribution in [0.15, 0.2) is 78.9 Å². The number of thioether (sulfide) groups is 1. The molecule has 41 heavy (non-hydrogen) atoms. The van der Waals surface area contributed by atoms with E-state index < -0.39 is 0 Å². The Hall–Kier alpha value is -4.08. The largest absolute Gasteiger partial charge is 0.496 e. The fourth-order valence-electron chi connectivity index (χ4n) is 5.04. The Labute approximate surface area is 245 Å². The van der Waals surface area contributed by atoms with Crippen molar-refractivity contribution < 1.29 is 14.3 Å². The Morgan fingerprint density at radius 1 is 1.05 bits per heavy atom. The first-order chi connectivity index (χ1) is 19.9. The number of anilines is 1. The van der Waals surface area contributed by atoms with Crippen LogP contribution in [0, 0.1) is 6.92 Å². The number of methoxy groups -OCH3 is 1. The van der Waals surface area contributed by atoms with Crippen molar-refractivity contribution in [3.05, 3.63) is 95.6 Å². The normalized spacial score (nSPS) is 15.0. The van der Waals surface area contributed by atoms with Gasteiger partial charge in [0.2, 0.25) is 11.8 Å². The van der Waals surface area contributed by atoms with Gasteiger partial charge in [0.1, 0.15) is 18.1 Å². The molecule has 1 atom stereocenters. The van der Waals surface area contributed by atoms with Crippen LogP contribution in [0.5, 0.6) is 5.75 Å². The number of ether oxygens (including phenoxy) is 1. The number of aryl methyl sites for hydroxylation is 1. The summed E-state index contributed by atoms with van der Waals surface area (Å²) in [5.41, 5.74) is 5.38. The fraction of sp³-hybridized carbons (Fsp3) is 0.281. The molecule has 0 fully saturated rings. The second kappa shape index (κ2) is 12.6. The minimum Gasteiger partial charge on any atom is -0.496 e. The molecule has 0 saturated carbocycles. The zero-order chi connectivity index (χ0) is 28.9. The highest BCUT2D eigenvalue weighted by Crippen LogP contribution is 2.50. The lowest BCUT2D eigenvalue weighted by molar-refractivity contribution is -0.122. The number of nitrogens with zero attached hydrogens (tertiary/aromatic N) is 4. The Bertz CT molecular complexity index is 1540. The van der Waals surface area contributed by atoms with E-state index in [4.69, 9.17) is 9.84 Å². The SMILES string of the molecule is COc1ccccc1C1SCC(=O)N(CC(=O)NCCN(C)C)c2c1c(-c1ccccc1)nn2-c1ccccc1C. The van der Waals surface area contributed by atoms with E-state index in [1.165, 1.54) is 11.8 Å². The zero-order valence-corrected chi connectivity index (χ0v) is 24.6. The fourth-order valence-corrected chi connectivity index (χ4v) is 6.27. The summed E-state index contributed by atoms with van der Waals surface area (Å²) < 4.78 is 7.62. The van der Waals surface area contributed by atoms with E-state index in [9.17, 15) is 9.59 Å². The Kier molecular flexibility index (Phi) is 8.75. The van der Waals surface area contributed by atoms with Crippen molar-refractivity contribution in [3.8, 4) is 22.7 Å². The van der Waals surface area contributed by atoms with E-state index in [2.05, 4.69) is 5.32 Å². The van der Waals surface area contributed by atoms with E-state index in [1.807, 2.05) is 109 Å². The predicted octanol–water partition coefficient (Wildman–Crippen LogP) is 4.70. The second-order valence-electron chi connectivity index (χ2n) is 10.2. The summed E-state index contributed by atoms with van der Waals surface area (Å²) in [7, 11) is 5.57. The number of nitrogens with one attached hydrogen (secondary N) is 1. The van der Waals surface area contributed by atoms with Crippen molar-refractivity contribution in [2.24, 2.45) is 0 Å². The van der Waals surface area contributed by atoms with Crippen LogP contribution in [0.4, 0.5) is 5.82 Å². The van der Waals surface area contributed by atoms with Gasteiger partial charge in [-0.05, 0) is 38.7 Å². The van der Waals surface area contributed by atoms with Gasteiger partial charge in [0.05, 0.1) is 29.5 Å². The van der Waals surface area contributed by atoms with Gasteiger partial charge in [-0.1, -0.05) is 66.7 Å². The van der Waals surface area contributed by atoms with Gasteiger partial charge in [0.25, 0.3) is 0 Å². The number of likely N-dealkylation sites (N-methyl/N-ethyl adjacent to an activating group) is 1. The number of hydrogen-bond donors (Lipinski definition) is 1. The van der Waals surface area contributed by atoms with Crippen LogP contribution in [0.2, 0.25) is 0 Å². The number of rotatable bonds is 9. The number of hydrogen-bond acceptors (Lipinski definition) is 6. The van der Waals surface area contributed by atoms with Crippen LogP contribution < -0.4 is 15.0 Å². The van der Waals surface area contributed by atoms with E-state index in [0.717, 1.165) is 39.4 Å². The molecule has 1 aliphatic rings. The lowest BCUT2D eigenvalue weighted by Crippen LogP contribution is -2.43. The van der Waals surface area contributed by atoms with E-state index in [0.29, 0.717) is 18.9 Å². The molecule has 1 aromatic heterocycles. The maximum Gasteiger partial charge on any atom is 0.240 e. The predicted molar refractivity (Wildman–Crippen MR) is 165 cm³/mol. The quantitative estimate of drug-likeness (QED) is 0.315. The average Bonchev–Trinajstić information content (AvgIpc) is 3.30. The van der Waals surface area contributed by atoms with Crippen LogP contribution in [0.3, 0.4) is 0 Å². The lowest BCUT2D eigenvalue weighted by atomic mass is 9.99. The van der Waals surface area contributed by atoms with Crippen molar-refractivity contribution >= 4 is 29.4 Å². The number of fused-ring (bicyclic) bond motifs is 1. The monoisotopic (exact) mass is 569 g/mol. The molecule has 212 valence electrons. The number of aromatic nitrogens is 2. The maximum absolute atomic E-state index is 13.9. The molecule has 1 N–H and O–H groups in total. The van der Waals surface area contributed by atoms with Crippen LogP contribution in [0.25, 0.3) is 16.9 Å². The van der Waals surface area contributed by atoms with E-state index in [1.54, 1.807) is 12.0 Å². The summed E-state index contributed by atoms with van der Waals surface area (Å²) in [5.74, 6) is 1.17. The van der Waals surface area contributed by atoms with Crippen molar-refractivity contribution in [2.45, 2.75) is 12.2 Å². The summed E-state index contributed by atoms with van der Waals surface area (Å²) >= 11 is 1.53. The molecule has 5 rings (SSSR count). The third kappa shape index (κ3) is 6.01. The van der Waals surface area contributed by atoms with E-state index >= 15 is 0 Å². The number of benzene rings is 3. The smallest absolute Gasteiger partial charge is 0.240 e. The molecule has 0 spiro atoms. The molecule has 9 heteroatoms. The minimum absolute atomic E-state index is 0.107. The standard InChI is InChI=1S/C32H35N5O3S/c1-22-12-8-10-16-25(22)37-32-29(30(34-37)23-13-6-5-7-14-23)31(24-15-9-11-17-26(24)40-4)41-21-28(39)36(32)20-27(38)33-18-19-35(2)3/h5-17,31H,18-21H2,1-4H3,(H,33,38). The van der Waals surface area contributed by atoms with Gasteiger partial charge in [-0.2, -0.15) is 5.10 Å². The highest BCUT2D eigenvalue weighted by Gasteiger charge is 2.38. The molecule has 0 aliphatic carbocycles. The molecular weight excluding hydrogens is 534 g/mol. The van der Waals surface area contributed by atoms with Crippen molar-refractivity contribution in [1.29, 1.82) is 0 Å². The maximum atomic E-state index is 13.9. The highest BCUT2D eigenvalue weighted by atomic mass is 32.2. The lowest BCUT2D eigenvalue weighted by Gasteiger charge is -2.24. The third-order valence-corrected chi connectivity index (χ3v) is 8.32. The summed E-state index contributed by atoms with van der Waals surface area (Å²) in [6.07, 6.45) is 0. The minimum atomic E-state index is -0.264. The van der Waals surface area contributed by atoms with E-state index in [-0.39, 0.29) is 29.4 Å². The van der Waals surface area contributed by atoms with Gasteiger partial charge in [0, 0.05) is 29.8 Å². The number of carbonyl (C=O) groups excluding carboxylic acids is 2. The topological polar surface area (TPSA) is 79.7 Å². The molecule has 1 aliphatic heterocycles. The third-order valence-electron chi connectivity index (χ3n) is 7.08. The highest BCUT2D eigenvalue weighted by molar-refractivity contribution is 8.00. The number of para-hydroxylation sites is 2. The molecule has 4 aromatic rings. The molecule has 0 radical (unpaired) electrons. The number of amides is 2. The molecule has 3 aromatic carbocycles. The molecule has 0 bridgehead atoms. The van der Waals surface area contributed by atoms with Crippen molar-refractivity contribution in [1.82, 2.24) is 20.0 Å². The number of carbonyl (C=O) groups is 2. The average molecular weight is 570 g/mol. The first kappa shape index (κ1) is 28.4. The summed E-state index contributed by atoms with van der Waals surface area (Å²) in [5, 5.41) is 7.88. The molecule has 1 unspecified atom stereocenters. The van der Waals surface area contributed by atoms with Gasteiger partial charge in [-0.15, -0.1) is 11.8 Å². The Morgan fingerprint density at radius 2 is 1.76 bits per heavy atom. The first-order valence-electron chi connectivity index (χ1n) is 13.6. The van der Waals surface area contributed by atoms with Gasteiger partial charge in [-0.3, -0.25) is 14.5 Å². The summed E-state index contributed by atoms with van der Waals surface area (Å²) in [4.78, 5) is 30.7. The van der Waals surface area contributed by atoms with Gasteiger partial charge in [0.15, 0.2) is 0 Å². The van der Waals surface area contributed by atoms with Gasteiger partial charge < -0.3 is 15.0 Å². The van der Waals surface area contributed by atoms with Gasteiger partial charge in [-0.25, -0.2) is 4.68 Å². The molecule has 8 nitrogen and oxygen atoms in total. The van der Waals surface area contributed by atoms with Crippen LogP contribution in [-0.4, -0.2) is 73.1 Å². The molecule has 2 heterocycles. The van der Waals surface area contributed by atoms with Crippen LogP contribution in [0.1, 0.15) is 21.9 Å². The van der Waals surface area contributed by atoms with Crippen molar-refractivity contribution in [2.75, 3.05) is 51.5 Å². The Morgan fingerprint density at radius 3 is 2.49 bits per heavy atom. The van der Waals surface area contributed by atoms with Gasteiger partial charge >= 0.3 is 0 Å². The zero-order valence-electron chi connectivity index (χ0n) is 23.8. The second-order valence-corrected chi connectivity index (χ2v) is 11.3. The summed E-state index contributed by atoms with van der Waals surface area (Å²) in [6, 6.07) is 25.8. The summed E-state index contributed by atoms with van der Waals surface area (Å²) in [6.45, 7) is 3.11.